The zero-order chi connectivity index (χ0) is 21.4. The maximum atomic E-state index is 13.4. The lowest BCUT2D eigenvalue weighted by Gasteiger charge is -2.31. The summed E-state index contributed by atoms with van der Waals surface area (Å²) in [4.78, 5) is 22.5. The van der Waals surface area contributed by atoms with Crippen molar-refractivity contribution < 1.29 is 18.3 Å². The quantitative estimate of drug-likeness (QED) is 0.246. The van der Waals surface area contributed by atoms with E-state index in [9.17, 15) is 13.6 Å². The molecule has 30 heavy (non-hydrogen) atoms. The van der Waals surface area contributed by atoms with E-state index in [-0.39, 0.29) is 34.4 Å². The average Bonchev–Trinajstić information content (AvgIpc) is 3.05. The first-order valence-electron chi connectivity index (χ1n) is 8.91. The molecule has 0 bridgehead atoms. The molecule has 1 N–H and O–H groups in total. The molecule has 158 valence electrons. The molecule has 0 aliphatic carbocycles. The number of ether oxygens (including phenoxy) is 1. The second-order valence-electron chi connectivity index (χ2n) is 6.54. The van der Waals surface area contributed by atoms with E-state index in [1.54, 1.807) is 23.1 Å². The summed E-state index contributed by atoms with van der Waals surface area (Å²) in [5.74, 6) is 0.0218. The smallest absolute Gasteiger partial charge is 0.295 e. The van der Waals surface area contributed by atoms with E-state index >= 15 is 0 Å². The third-order valence-corrected chi connectivity index (χ3v) is 7.00. The number of halogens is 4. The predicted molar refractivity (Wildman–Crippen MR) is 122 cm³/mol. The van der Waals surface area contributed by atoms with Crippen LogP contribution in [-0.4, -0.2) is 45.3 Å². The molecule has 0 saturated carbocycles. The molecule has 4 rings (SSSR count). The monoisotopic (exact) mass is 565 g/mol. The van der Waals surface area contributed by atoms with E-state index in [2.05, 4.69) is 15.3 Å². The Labute approximate surface area is 190 Å². The predicted octanol–water partition coefficient (Wildman–Crippen LogP) is 5.41. The van der Waals surface area contributed by atoms with Crippen molar-refractivity contribution in [2.24, 2.45) is 0 Å². The van der Waals surface area contributed by atoms with Crippen LogP contribution in [0, 0.1) is 0 Å². The molecule has 1 saturated heterocycles. The molecular formula is C18H16ClF2IN5O2P. The van der Waals surface area contributed by atoms with Crippen molar-refractivity contribution in [3.8, 4) is 5.75 Å². The van der Waals surface area contributed by atoms with E-state index in [4.69, 9.17) is 16.3 Å². The molecule has 2 aromatic heterocycles. The van der Waals surface area contributed by atoms with Crippen molar-refractivity contribution in [1.29, 1.82) is 0 Å². The summed E-state index contributed by atoms with van der Waals surface area (Å²) in [7, 11) is 1.49. The highest BCUT2D eigenvalue weighted by Crippen LogP contribution is 2.39. The van der Waals surface area contributed by atoms with Crippen LogP contribution in [0.3, 0.4) is 0 Å². The number of aromatic nitrogens is 3. The number of benzene rings is 1. The highest BCUT2D eigenvalue weighted by atomic mass is 127. The van der Waals surface area contributed by atoms with Gasteiger partial charge in [0.15, 0.2) is 11.5 Å². The Balaban J connectivity index is 1.74. The van der Waals surface area contributed by atoms with Gasteiger partial charge in [0.1, 0.15) is 16.4 Å². The Morgan fingerprint density at radius 2 is 2.07 bits per heavy atom. The number of fused-ring (bicyclic) bond motifs is 1. The lowest BCUT2D eigenvalue weighted by atomic mass is 10.1. The van der Waals surface area contributed by atoms with Gasteiger partial charge < -0.3 is 15.0 Å². The van der Waals surface area contributed by atoms with Crippen molar-refractivity contribution in [3.63, 3.8) is 0 Å². The van der Waals surface area contributed by atoms with Gasteiger partial charge in [-0.25, -0.2) is 18.7 Å². The van der Waals surface area contributed by atoms with Gasteiger partial charge in [0.25, 0.3) is 12.3 Å². The second-order valence-corrected chi connectivity index (χ2v) is 8.99. The number of carbonyl (C=O) groups is 1. The molecular weight excluding hydrogens is 550 g/mol. The van der Waals surface area contributed by atoms with Gasteiger partial charge in [-0.3, -0.25) is 9.13 Å². The molecule has 0 spiro atoms. The fourth-order valence-electron chi connectivity index (χ4n) is 3.13. The summed E-state index contributed by atoms with van der Waals surface area (Å²) in [6, 6.07) is 6.57. The number of imidazole rings is 1. The highest BCUT2D eigenvalue weighted by molar-refractivity contribution is 14.2. The maximum absolute atomic E-state index is 13.4. The average molecular weight is 566 g/mol. The van der Waals surface area contributed by atoms with Crippen LogP contribution in [0.1, 0.15) is 29.0 Å². The van der Waals surface area contributed by atoms with Crippen LogP contribution in [0.5, 0.6) is 5.75 Å². The third-order valence-electron chi connectivity index (χ3n) is 4.75. The molecule has 1 fully saturated rings. The lowest BCUT2D eigenvalue weighted by Crippen LogP contribution is -2.42. The van der Waals surface area contributed by atoms with Gasteiger partial charge in [-0.15, -0.1) is 0 Å². The molecule has 7 nitrogen and oxygen atoms in total. The Kier molecular flexibility index (Phi) is 6.26. The van der Waals surface area contributed by atoms with Crippen LogP contribution in [0.25, 0.3) is 11.2 Å². The van der Waals surface area contributed by atoms with Gasteiger partial charge in [0, 0.05) is 24.7 Å². The molecule has 1 amide bonds. The van der Waals surface area contributed by atoms with Crippen molar-refractivity contribution >= 4 is 68.5 Å². The third kappa shape index (κ3) is 3.92. The first-order chi connectivity index (χ1) is 14.4. The van der Waals surface area contributed by atoms with Crippen LogP contribution in [0.4, 0.5) is 20.2 Å². The Hall–Kier alpha value is -1.78. The van der Waals surface area contributed by atoms with E-state index in [1.807, 2.05) is 22.0 Å². The van der Waals surface area contributed by atoms with Crippen molar-refractivity contribution in [2.45, 2.75) is 12.8 Å². The number of hydrogen-bond acceptors (Lipinski definition) is 5. The SMILES string of the molecule is COc1cc(C(=O)N2CCC2)ccc1Nc1cc(Cl)nc2c1nc(C(F)F)n2PI. The van der Waals surface area contributed by atoms with Gasteiger partial charge in [-0.05, 0) is 46.7 Å². The Morgan fingerprint density at radius 3 is 2.67 bits per heavy atom. The number of methoxy groups -OCH3 is 1. The fraction of sp³-hybridized carbons (Fsp3) is 0.278. The lowest BCUT2D eigenvalue weighted by molar-refractivity contribution is 0.0651. The number of amides is 1. The standard InChI is InChI=1S/C18H16ClF2IN5O2P/c1-29-12-7-9(18(28)26-5-2-6-26)3-4-10(12)23-11-8-13(19)24-16-14(11)25-17(15(20)21)27(16)30-22/h3-4,7-8,15,30H,2,5-6H2,1H3,(H,23,24). The van der Waals surface area contributed by atoms with Crippen LogP contribution in [0.2, 0.25) is 5.15 Å². The molecule has 1 aliphatic heterocycles. The summed E-state index contributed by atoms with van der Waals surface area (Å²) in [5.41, 5.74) is 2.04. The number of anilines is 2. The molecule has 1 aliphatic rings. The van der Waals surface area contributed by atoms with E-state index in [0.717, 1.165) is 19.5 Å². The van der Waals surface area contributed by atoms with Gasteiger partial charge >= 0.3 is 0 Å². The zero-order valence-electron chi connectivity index (χ0n) is 15.6. The molecule has 1 aromatic carbocycles. The van der Waals surface area contributed by atoms with Gasteiger partial charge in [-0.1, -0.05) is 11.6 Å². The van der Waals surface area contributed by atoms with Gasteiger partial charge in [-0.2, -0.15) is 0 Å². The molecule has 1 unspecified atom stereocenters. The number of likely N-dealkylation sites (tertiary alicyclic amines) is 1. The minimum atomic E-state index is -2.74. The van der Waals surface area contributed by atoms with Gasteiger partial charge in [0.2, 0.25) is 0 Å². The highest BCUT2D eigenvalue weighted by Gasteiger charge is 2.24. The number of alkyl halides is 2. The molecule has 0 radical (unpaired) electrons. The summed E-state index contributed by atoms with van der Waals surface area (Å²) >= 11 is 8.14. The van der Waals surface area contributed by atoms with Crippen molar-refractivity contribution in [2.75, 3.05) is 25.5 Å². The van der Waals surface area contributed by atoms with Crippen LogP contribution in [0.15, 0.2) is 24.3 Å². The first-order valence-corrected chi connectivity index (χ1v) is 13.3. The minimum Gasteiger partial charge on any atom is -0.495 e. The molecule has 12 heteroatoms. The number of hydrogen-bond donors (Lipinski definition) is 1. The maximum Gasteiger partial charge on any atom is 0.295 e. The second kappa shape index (κ2) is 8.76. The summed E-state index contributed by atoms with van der Waals surface area (Å²) in [6.07, 6.45) is -1.75. The molecule has 3 heterocycles. The van der Waals surface area contributed by atoms with Crippen LogP contribution >= 0.6 is 40.0 Å². The number of pyridine rings is 1. The normalized spacial score (nSPS) is 14.0. The molecule has 3 aromatic rings. The largest absolute Gasteiger partial charge is 0.495 e. The van der Waals surface area contributed by atoms with Crippen molar-refractivity contribution in [1.82, 2.24) is 19.2 Å². The number of rotatable bonds is 6. The van der Waals surface area contributed by atoms with Crippen molar-refractivity contribution in [3.05, 3.63) is 40.8 Å². The number of carbonyl (C=O) groups excluding carboxylic acids is 1. The Bertz CT molecular complexity index is 1130. The van der Waals surface area contributed by atoms with E-state index < -0.39 is 6.43 Å². The Morgan fingerprint density at radius 1 is 1.30 bits per heavy atom. The van der Waals surface area contributed by atoms with Crippen LogP contribution < -0.4 is 10.1 Å². The summed E-state index contributed by atoms with van der Waals surface area (Å²) in [5, 5.41) is 3.28. The zero-order valence-corrected chi connectivity index (χ0v) is 19.5. The topological polar surface area (TPSA) is 72.3 Å². The summed E-state index contributed by atoms with van der Waals surface area (Å²) in [6.45, 7) is 1.50. The number of nitrogens with zero attached hydrogens (tertiary/aromatic N) is 4. The van der Waals surface area contributed by atoms with Crippen LogP contribution in [-0.2, 0) is 0 Å². The minimum absolute atomic E-state index is 0.0152. The number of nitrogens with one attached hydrogen (secondary N) is 1. The summed E-state index contributed by atoms with van der Waals surface area (Å²) < 4.78 is 33.7. The van der Waals surface area contributed by atoms with E-state index in [0.29, 0.717) is 22.7 Å². The van der Waals surface area contributed by atoms with E-state index in [1.165, 1.54) is 17.5 Å². The molecule has 1 atom stereocenters. The first kappa shape index (κ1) is 21.5. The van der Waals surface area contributed by atoms with Gasteiger partial charge in [0.05, 0.1) is 24.9 Å². The fourth-order valence-corrected chi connectivity index (χ4v) is 5.22.